The van der Waals surface area contributed by atoms with Gasteiger partial charge in [-0.3, -0.25) is 0 Å². The third-order valence-corrected chi connectivity index (χ3v) is 2.85. The Hall–Kier alpha value is -1.46. The normalized spacial score (nSPS) is 10.4. The van der Waals surface area contributed by atoms with Crippen LogP contribution in [-0.4, -0.2) is 10.2 Å². The molecule has 0 bridgehead atoms. The maximum Gasteiger partial charge on any atom is 0.299 e. The standard InChI is InChI=1S/C11H13N3OS/c1-7-3-9(5-12)4-8(2)10(7)15-11-14-13-6-16-11/h3-4,6H,5,12H2,1-2H3. The summed E-state index contributed by atoms with van der Waals surface area (Å²) in [7, 11) is 0. The molecule has 0 saturated carbocycles. The smallest absolute Gasteiger partial charge is 0.299 e. The molecule has 0 amide bonds. The van der Waals surface area contributed by atoms with Crippen LogP contribution in [0.25, 0.3) is 0 Å². The molecule has 1 aromatic heterocycles. The first-order valence-corrected chi connectivity index (χ1v) is 5.83. The van der Waals surface area contributed by atoms with Gasteiger partial charge >= 0.3 is 0 Å². The monoisotopic (exact) mass is 235 g/mol. The molecule has 2 N–H and O–H groups in total. The highest BCUT2D eigenvalue weighted by Gasteiger charge is 2.08. The molecule has 0 saturated heterocycles. The van der Waals surface area contributed by atoms with E-state index in [0.717, 1.165) is 22.4 Å². The lowest BCUT2D eigenvalue weighted by Crippen LogP contribution is -1.99. The fourth-order valence-corrected chi connectivity index (χ4v) is 2.02. The first-order valence-electron chi connectivity index (χ1n) is 4.95. The highest BCUT2D eigenvalue weighted by molar-refractivity contribution is 7.11. The predicted molar refractivity (Wildman–Crippen MR) is 63.8 cm³/mol. The molecular formula is C11H13N3OS. The molecule has 0 atom stereocenters. The van der Waals surface area contributed by atoms with Gasteiger partial charge < -0.3 is 10.5 Å². The summed E-state index contributed by atoms with van der Waals surface area (Å²) in [6.07, 6.45) is 0. The third kappa shape index (κ3) is 2.20. The van der Waals surface area contributed by atoms with Crippen LogP contribution in [-0.2, 0) is 6.54 Å². The van der Waals surface area contributed by atoms with E-state index in [-0.39, 0.29) is 0 Å². The van der Waals surface area contributed by atoms with Crippen molar-refractivity contribution in [2.45, 2.75) is 20.4 Å². The van der Waals surface area contributed by atoms with Crippen molar-refractivity contribution in [1.82, 2.24) is 10.2 Å². The number of aryl methyl sites for hydroxylation is 2. The van der Waals surface area contributed by atoms with Crippen LogP contribution in [0.1, 0.15) is 16.7 Å². The molecular weight excluding hydrogens is 222 g/mol. The van der Waals surface area contributed by atoms with Gasteiger partial charge in [0.05, 0.1) is 0 Å². The van der Waals surface area contributed by atoms with Gasteiger partial charge in [-0.1, -0.05) is 28.6 Å². The van der Waals surface area contributed by atoms with Gasteiger partial charge in [0.1, 0.15) is 11.3 Å². The van der Waals surface area contributed by atoms with E-state index in [1.165, 1.54) is 11.3 Å². The molecule has 0 spiro atoms. The van der Waals surface area contributed by atoms with Gasteiger partial charge in [0.15, 0.2) is 0 Å². The fraction of sp³-hybridized carbons (Fsp3) is 0.273. The third-order valence-electron chi connectivity index (χ3n) is 2.29. The Kier molecular flexibility index (Phi) is 3.17. The zero-order chi connectivity index (χ0) is 11.5. The minimum absolute atomic E-state index is 0.542. The molecule has 1 aromatic carbocycles. The average Bonchev–Trinajstić information content (AvgIpc) is 2.75. The van der Waals surface area contributed by atoms with Crippen LogP contribution in [0.15, 0.2) is 17.6 Å². The summed E-state index contributed by atoms with van der Waals surface area (Å²) >= 11 is 1.38. The van der Waals surface area contributed by atoms with E-state index in [0.29, 0.717) is 11.7 Å². The number of hydrogen-bond acceptors (Lipinski definition) is 5. The Labute approximate surface area is 98.1 Å². The lowest BCUT2D eigenvalue weighted by molar-refractivity contribution is 0.466. The number of rotatable bonds is 3. The molecule has 16 heavy (non-hydrogen) atoms. The minimum Gasteiger partial charge on any atom is -0.429 e. The lowest BCUT2D eigenvalue weighted by atomic mass is 10.1. The van der Waals surface area contributed by atoms with Gasteiger partial charge in [-0.25, -0.2) is 0 Å². The van der Waals surface area contributed by atoms with Crippen molar-refractivity contribution < 1.29 is 4.74 Å². The van der Waals surface area contributed by atoms with Crippen LogP contribution in [0.5, 0.6) is 10.9 Å². The zero-order valence-corrected chi connectivity index (χ0v) is 10.0. The number of hydrogen-bond donors (Lipinski definition) is 1. The molecule has 5 heteroatoms. The zero-order valence-electron chi connectivity index (χ0n) is 9.23. The van der Waals surface area contributed by atoms with Gasteiger partial charge in [0.25, 0.3) is 5.19 Å². The molecule has 0 aliphatic heterocycles. The SMILES string of the molecule is Cc1cc(CN)cc(C)c1Oc1nncs1. The van der Waals surface area contributed by atoms with Crippen molar-refractivity contribution in [1.29, 1.82) is 0 Å². The van der Waals surface area contributed by atoms with Crippen molar-refractivity contribution >= 4 is 11.3 Å². The van der Waals surface area contributed by atoms with E-state index in [9.17, 15) is 0 Å². The van der Waals surface area contributed by atoms with Crippen molar-refractivity contribution in [2.75, 3.05) is 0 Å². The van der Waals surface area contributed by atoms with Gasteiger partial charge in [0.2, 0.25) is 0 Å². The maximum atomic E-state index is 5.68. The Bertz CT molecular complexity index is 459. The number of aromatic nitrogens is 2. The van der Waals surface area contributed by atoms with Crippen molar-refractivity contribution in [2.24, 2.45) is 5.73 Å². The van der Waals surface area contributed by atoms with E-state index >= 15 is 0 Å². The summed E-state index contributed by atoms with van der Waals surface area (Å²) in [5.74, 6) is 0.842. The van der Waals surface area contributed by atoms with E-state index in [2.05, 4.69) is 10.2 Å². The van der Waals surface area contributed by atoms with Crippen molar-refractivity contribution in [3.05, 3.63) is 34.3 Å². The Morgan fingerprint density at radius 3 is 2.50 bits per heavy atom. The summed E-state index contributed by atoms with van der Waals surface area (Å²) in [5.41, 5.74) is 10.5. The molecule has 4 nitrogen and oxygen atoms in total. The van der Waals surface area contributed by atoms with Crippen LogP contribution >= 0.6 is 11.3 Å². The fourth-order valence-electron chi connectivity index (χ4n) is 1.61. The first kappa shape index (κ1) is 11.0. The molecule has 0 aliphatic carbocycles. The van der Waals surface area contributed by atoms with E-state index in [1.54, 1.807) is 5.51 Å². The quantitative estimate of drug-likeness (QED) is 0.887. The second-order valence-corrected chi connectivity index (χ2v) is 4.37. The summed E-state index contributed by atoms with van der Waals surface area (Å²) in [6, 6.07) is 4.06. The maximum absolute atomic E-state index is 5.68. The molecule has 0 unspecified atom stereocenters. The average molecular weight is 235 g/mol. The Morgan fingerprint density at radius 2 is 2.00 bits per heavy atom. The minimum atomic E-state index is 0.542. The molecule has 0 radical (unpaired) electrons. The lowest BCUT2D eigenvalue weighted by Gasteiger charge is -2.10. The highest BCUT2D eigenvalue weighted by atomic mass is 32.1. The molecule has 84 valence electrons. The van der Waals surface area contributed by atoms with Crippen molar-refractivity contribution in [3.63, 3.8) is 0 Å². The summed E-state index contributed by atoms with van der Waals surface area (Å²) in [4.78, 5) is 0. The van der Waals surface area contributed by atoms with Crippen LogP contribution in [0.3, 0.4) is 0 Å². The van der Waals surface area contributed by atoms with Gasteiger partial charge in [-0.2, -0.15) is 0 Å². The van der Waals surface area contributed by atoms with E-state index in [4.69, 9.17) is 10.5 Å². The number of nitrogens with two attached hydrogens (primary N) is 1. The largest absolute Gasteiger partial charge is 0.429 e. The van der Waals surface area contributed by atoms with Gasteiger partial charge in [0, 0.05) is 6.54 Å². The molecule has 2 aromatic rings. The molecule has 0 fully saturated rings. The summed E-state index contributed by atoms with van der Waals surface area (Å²) < 4.78 is 5.68. The Balaban J connectivity index is 2.34. The predicted octanol–water partition coefficient (Wildman–Crippen LogP) is 2.41. The second kappa shape index (κ2) is 4.59. The molecule has 2 rings (SSSR count). The number of nitrogens with zero attached hydrogens (tertiary/aromatic N) is 2. The number of ether oxygens (including phenoxy) is 1. The molecule has 1 heterocycles. The Morgan fingerprint density at radius 1 is 1.31 bits per heavy atom. The van der Waals surface area contributed by atoms with E-state index < -0.39 is 0 Å². The van der Waals surface area contributed by atoms with E-state index in [1.807, 2.05) is 26.0 Å². The van der Waals surface area contributed by atoms with Gasteiger partial charge in [-0.05, 0) is 30.5 Å². The van der Waals surface area contributed by atoms with Crippen LogP contribution in [0.2, 0.25) is 0 Å². The number of benzene rings is 1. The van der Waals surface area contributed by atoms with Crippen LogP contribution < -0.4 is 10.5 Å². The van der Waals surface area contributed by atoms with Crippen LogP contribution in [0, 0.1) is 13.8 Å². The summed E-state index contributed by atoms with van der Waals surface area (Å²) in [6.45, 7) is 4.55. The molecule has 0 aliphatic rings. The second-order valence-electron chi connectivity index (χ2n) is 3.57. The van der Waals surface area contributed by atoms with Gasteiger partial charge in [-0.15, -0.1) is 5.10 Å². The summed E-state index contributed by atoms with van der Waals surface area (Å²) in [5, 5.41) is 8.15. The first-order chi connectivity index (χ1) is 7.70. The highest BCUT2D eigenvalue weighted by Crippen LogP contribution is 2.30. The van der Waals surface area contributed by atoms with Crippen LogP contribution in [0.4, 0.5) is 0 Å². The topological polar surface area (TPSA) is 61.0 Å². The van der Waals surface area contributed by atoms with Crippen molar-refractivity contribution in [3.8, 4) is 10.9 Å².